The maximum absolute atomic E-state index is 10.2. The SMILES string of the molecule is Cn1n[c-]nc1[O-]. The normalized spacial score (nSPS) is 9.29. The van der Waals surface area contributed by atoms with Gasteiger partial charge < -0.3 is 14.8 Å². The zero-order valence-electron chi connectivity index (χ0n) is 3.75. The van der Waals surface area contributed by atoms with Crippen LogP contribution in [0.25, 0.3) is 0 Å². The molecule has 0 fully saturated rings. The third-order valence-corrected chi connectivity index (χ3v) is 0.617. The first-order valence-corrected chi connectivity index (χ1v) is 1.75. The van der Waals surface area contributed by atoms with Gasteiger partial charge in [-0.3, -0.25) is 5.10 Å². The molecule has 1 aromatic heterocycles. The second-order valence-electron chi connectivity index (χ2n) is 1.12. The Morgan fingerprint density at radius 2 is 2.57 bits per heavy atom. The van der Waals surface area contributed by atoms with Gasteiger partial charge in [-0.2, -0.15) is 0 Å². The molecule has 0 N–H and O–H groups in total. The van der Waals surface area contributed by atoms with Gasteiger partial charge in [0.2, 0.25) is 0 Å². The van der Waals surface area contributed by atoms with Crippen LogP contribution in [0.3, 0.4) is 0 Å². The van der Waals surface area contributed by atoms with Gasteiger partial charge in [0.15, 0.2) is 0 Å². The molecule has 0 amide bonds. The number of aromatic nitrogens is 3. The third kappa shape index (κ3) is 0.534. The van der Waals surface area contributed by atoms with Gasteiger partial charge in [-0.1, -0.05) is 0 Å². The summed E-state index contributed by atoms with van der Waals surface area (Å²) in [4.78, 5) is 3.19. The van der Waals surface area contributed by atoms with Crippen molar-refractivity contribution in [1.29, 1.82) is 0 Å². The fourth-order valence-corrected chi connectivity index (χ4v) is 0.247. The average molecular weight is 97.1 g/mol. The summed E-state index contributed by atoms with van der Waals surface area (Å²) < 4.78 is 1.11. The molecule has 0 atom stereocenters. The van der Waals surface area contributed by atoms with Crippen molar-refractivity contribution in [3.63, 3.8) is 0 Å². The van der Waals surface area contributed by atoms with Crippen molar-refractivity contribution < 1.29 is 5.11 Å². The van der Waals surface area contributed by atoms with Crippen LogP contribution in [-0.4, -0.2) is 14.8 Å². The molecule has 0 bridgehead atoms. The number of hydrogen-bond donors (Lipinski definition) is 0. The van der Waals surface area contributed by atoms with Crippen molar-refractivity contribution in [2.24, 2.45) is 7.05 Å². The van der Waals surface area contributed by atoms with E-state index in [1.165, 1.54) is 7.05 Å². The summed E-state index contributed by atoms with van der Waals surface area (Å²) in [5.41, 5.74) is 0. The molecular weight excluding hydrogens is 94.1 g/mol. The van der Waals surface area contributed by atoms with Crippen molar-refractivity contribution in [2.75, 3.05) is 0 Å². The van der Waals surface area contributed by atoms with Crippen LogP contribution in [0, 0.1) is 6.33 Å². The molecule has 0 aliphatic heterocycles. The molecule has 0 aliphatic rings. The van der Waals surface area contributed by atoms with Crippen molar-refractivity contribution in [3.8, 4) is 6.01 Å². The minimum absolute atomic E-state index is 0.361. The fraction of sp³-hybridized carbons (Fsp3) is 0.333. The molecule has 0 saturated carbocycles. The number of hydrogen-bond acceptors (Lipinski definition) is 3. The molecule has 0 saturated heterocycles. The second kappa shape index (κ2) is 1.22. The van der Waals surface area contributed by atoms with Gasteiger partial charge in [0, 0.05) is 7.05 Å². The summed E-state index contributed by atoms with van der Waals surface area (Å²) >= 11 is 0. The van der Waals surface area contributed by atoms with Gasteiger partial charge >= 0.3 is 0 Å². The van der Waals surface area contributed by atoms with E-state index in [0.29, 0.717) is 0 Å². The van der Waals surface area contributed by atoms with Crippen LogP contribution < -0.4 is 5.11 Å². The Morgan fingerprint density at radius 3 is 2.71 bits per heavy atom. The first-order chi connectivity index (χ1) is 3.30. The second-order valence-corrected chi connectivity index (χ2v) is 1.12. The summed E-state index contributed by atoms with van der Waals surface area (Å²) in [5, 5.41) is 13.6. The molecule has 1 rings (SSSR count). The van der Waals surface area contributed by atoms with Crippen LogP contribution in [0.1, 0.15) is 0 Å². The molecule has 1 heterocycles. The molecule has 0 aliphatic carbocycles. The van der Waals surface area contributed by atoms with E-state index in [1.807, 2.05) is 0 Å². The standard InChI is InChI=1S/C3H4N3O/c1-6-3(7)4-2-5-6/h1H3,(H,4,5,7)/q-1/p-1. The molecule has 38 valence electrons. The lowest BCUT2D eigenvalue weighted by molar-refractivity contribution is -0.285. The molecular formula is C3H3N3O-2. The minimum atomic E-state index is -0.361. The highest BCUT2D eigenvalue weighted by Gasteiger charge is 1.64. The smallest absolute Gasteiger partial charge is 0.00910 e. The number of nitrogens with zero attached hydrogens (tertiary/aromatic N) is 3. The summed E-state index contributed by atoms with van der Waals surface area (Å²) in [5.74, 6) is 0. The van der Waals surface area contributed by atoms with Crippen molar-refractivity contribution in [3.05, 3.63) is 6.33 Å². The minimum Gasteiger partial charge on any atom is -0.928 e. The third-order valence-electron chi connectivity index (χ3n) is 0.617. The van der Waals surface area contributed by atoms with E-state index in [9.17, 15) is 5.11 Å². The molecule has 0 radical (unpaired) electrons. The highest BCUT2D eigenvalue weighted by Crippen LogP contribution is 1.87. The average Bonchev–Trinajstić information content (AvgIpc) is 1.91. The van der Waals surface area contributed by atoms with Crippen LogP contribution in [0.15, 0.2) is 0 Å². The van der Waals surface area contributed by atoms with Crippen LogP contribution in [0.5, 0.6) is 6.01 Å². The van der Waals surface area contributed by atoms with Crippen LogP contribution in [0.4, 0.5) is 0 Å². The summed E-state index contributed by atoms with van der Waals surface area (Å²) in [6, 6.07) is -0.361. The monoisotopic (exact) mass is 97.0 g/mol. The van der Waals surface area contributed by atoms with E-state index in [0.717, 1.165) is 4.68 Å². The topological polar surface area (TPSA) is 53.8 Å². The molecule has 4 heteroatoms. The quantitative estimate of drug-likeness (QED) is 0.377. The van der Waals surface area contributed by atoms with E-state index < -0.39 is 0 Å². The molecule has 0 spiro atoms. The number of rotatable bonds is 0. The van der Waals surface area contributed by atoms with E-state index in [-0.39, 0.29) is 6.01 Å². The fourth-order valence-electron chi connectivity index (χ4n) is 0.247. The Balaban J connectivity index is 3.12. The van der Waals surface area contributed by atoms with E-state index in [4.69, 9.17) is 0 Å². The van der Waals surface area contributed by atoms with Crippen LogP contribution in [-0.2, 0) is 7.05 Å². The van der Waals surface area contributed by atoms with Gasteiger partial charge in [0.25, 0.3) is 0 Å². The lowest BCUT2D eigenvalue weighted by Gasteiger charge is -2.10. The van der Waals surface area contributed by atoms with E-state index in [2.05, 4.69) is 16.4 Å². The maximum Gasteiger partial charge on any atom is 0.00910 e. The van der Waals surface area contributed by atoms with Gasteiger partial charge in [-0.05, 0) is 6.33 Å². The highest BCUT2D eigenvalue weighted by atomic mass is 16.3. The van der Waals surface area contributed by atoms with Crippen molar-refractivity contribution in [1.82, 2.24) is 14.8 Å². The summed E-state index contributed by atoms with van der Waals surface area (Å²) in [7, 11) is 1.52. The van der Waals surface area contributed by atoms with Gasteiger partial charge in [-0.25, -0.2) is 0 Å². The predicted molar refractivity (Wildman–Crippen MR) is 19.3 cm³/mol. The predicted octanol–water partition coefficient (Wildman–Crippen LogP) is -1.31. The molecule has 7 heavy (non-hydrogen) atoms. The van der Waals surface area contributed by atoms with E-state index >= 15 is 0 Å². The Bertz CT molecular complexity index is 142. The Kier molecular flexibility index (Phi) is 0.714. The van der Waals surface area contributed by atoms with Gasteiger partial charge in [0.1, 0.15) is 0 Å². The first kappa shape index (κ1) is 4.11. The van der Waals surface area contributed by atoms with Crippen molar-refractivity contribution in [2.45, 2.75) is 0 Å². The zero-order chi connectivity index (χ0) is 5.28. The molecule has 0 aromatic carbocycles. The maximum atomic E-state index is 10.2. The molecule has 4 nitrogen and oxygen atoms in total. The van der Waals surface area contributed by atoms with Crippen LogP contribution >= 0.6 is 0 Å². The lowest BCUT2D eigenvalue weighted by atomic mass is 11.1. The molecule has 1 aromatic rings. The molecule has 0 unspecified atom stereocenters. The largest absolute Gasteiger partial charge is 0.928 e. The number of aryl methyl sites for hydroxylation is 1. The zero-order valence-corrected chi connectivity index (χ0v) is 3.75. The van der Waals surface area contributed by atoms with Crippen LogP contribution in [0.2, 0.25) is 0 Å². The summed E-state index contributed by atoms with van der Waals surface area (Å²) in [6.07, 6.45) is 2.15. The van der Waals surface area contributed by atoms with E-state index in [1.54, 1.807) is 0 Å². The van der Waals surface area contributed by atoms with Gasteiger partial charge in [-0.15, -0.1) is 6.01 Å². The first-order valence-electron chi connectivity index (χ1n) is 1.75. The summed E-state index contributed by atoms with van der Waals surface area (Å²) in [6.45, 7) is 0. The Morgan fingerprint density at radius 1 is 1.86 bits per heavy atom. The Labute approximate surface area is 40.4 Å². The Hall–Kier alpha value is -1.06. The lowest BCUT2D eigenvalue weighted by Crippen LogP contribution is -2.00. The van der Waals surface area contributed by atoms with Gasteiger partial charge in [0.05, 0.1) is 0 Å². The highest BCUT2D eigenvalue weighted by molar-refractivity contribution is 4.80. The van der Waals surface area contributed by atoms with Crippen molar-refractivity contribution >= 4 is 0 Å².